The zero-order valence-electron chi connectivity index (χ0n) is 18.5. The summed E-state index contributed by atoms with van der Waals surface area (Å²) in [5.41, 5.74) is 4.03. The third-order valence-corrected chi connectivity index (χ3v) is 6.77. The molecular weight excluding hydrogens is 436 g/mol. The number of halogens is 1. The molecule has 1 fully saturated rings. The van der Waals surface area contributed by atoms with Crippen LogP contribution in [0.4, 0.5) is 5.95 Å². The van der Waals surface area contributed by atoms with Gasteiger partial charge in [0.05, 0.1) is 17.0 Å². The van der Waals surface area contributed by atoms with E-state index in [2.05, 4.69) is 9.88 Å². The first kappa shape index (κ1) is 21.6. The highest BCUT2D eigenvalue weighted by Gasteiger charge is 2.31. The topological polar surface area (TPSA) is 66.4 Å². The molecule has 3 aromatic rings. The van der Waals surface area contributed by atoms with Gasteiger partial charge in [0.1, 0.15) is 0 Å². The average molecular weight is 461 g/mol. The Labute approximate surface area is 198 Å². The number of anilines is 1. The maximum atomic E-state index is 12.9. The van der Waals surface area contributed by atoms with E-state index in [1.807, 2.05) is 66.4 Å². The second kappa shape index (κ2) is 8.94. The van der Waals surface area contributed by atoms with Crippen molar-refractivity contribution in [3.8, 4) is 0 Å². The molecule has 33 heavy (non-hydrogen) atoms. The third-order valence-electron chi connectivity index (χ3n) is 6.52. The average Bonchev–Trinajstić information content (AvgIpc) is 2.84. The summed E-state index contributed by atoms with van der Waals surface area (Å²) in [6.45, 7) is 4.43. The molecule has 5 rings (SSSR count). The van der Waals surface area contributed by atoms with Crippen molar-refractivity contribution < 1.29 is 9.59 Å². The number of aryl methyl sites for hydroxylation is 1. The molecule has 0 radical (unpaired) electrons. The number of amides is 1. The molecule has 1 amide bonds. The van der Waals surface area contributed by atoms with Gasteiger partial charge in [-0.05, 0) is 49.1 Å². The maximum Gasteiger partial charge on any atom is 0.253 e. The highest BCUT2D eigenvalue weighted by molar-refractivity contribution is 6.30. The van der Waals surface area contributed by atoms with Crippen LogP contribution in [0.3, 0.4) is 0 Å². The van der Waals surface area contributed by atoms with Gasteiger partial charge in [-0.15, -0.1) is 0 Å². The molecule has 0 bridgehead atoms. The second-order valence-corrected chi connectivity index (χ2v) is 9.09. The predicted octanol–water partition coefficient (Wildman–Crippen LogP) is 4.31. The number of aromatic nitrogens is 2. The van der Waals surface area contributed by atoms with Crippen LogP contribution in [0.25, 0.3) is 0 Å². The van der Waals surface area contributed by atoms with E-state index < -0.39 is 0 Å². The van der Waals surface area contributed by atoms with Gasteiger partial charge in [0.15, 0.2) is 5.78 Å². The minimum Gasteiger partial charge on any atom is -0.337 e. The maximum absolute atomic E-state index is 12.9. The Morgan fingerprint density at radius 3 is 2.33 bits per heavy atom. The first-order valence-electron chi connectivity index (χ1n) is 11.2. The summed E-state index contributed by atoms with van der Waals surface area (Å²) < 4.78 is 0. The summed E-state index contributed by atoms with van der Waals surface area (Å²) in [6.07, 6.45) is 1.16. The molecular formula is C26H25ClN4O2. The fourth-order valence-corrected chi connectivity index (χ4v) is 4.87. The number of hydrogen-bond acceptors (Lipinski definition) is 5. The smallest absolute Gasteiger partial charge is 0.253 e. The number of hydrogen-bond donors (Lipinski definition) is 0. The van der Waals surface area contributed by atoms with Crippen LogP contribution in [0, 0.1) is 6.92 Å². The largest absolute Gasteiger partial charge is 0.337 e. The molecule has 168 valence electrons. The minimum absolute atomic E-state index is 0.0502. The number of ketones is 1. The van der Waals surface area contributed by atoms with Crippen molar-refractivity contribution in [1.29, 1.82) is 0 Å². The molecule has 1 aliphatic carbocycles. The normalized spacial score (nSPS) is 18.2. The Hall–Kier alpha value is -3.25. The van der Waals surface area contributed by atoms with Gasteiger partial charge in [0.25, 0.3) is 5.91 Å². The number of fused-ring (bicyclic) bond motifs is 1. The summed E-state index contributed by atoms with van der Waals surface area (Å²) >= 11 is 6.03. The summed E-state index contributed by atoms with van der Waals surface area (Å²) in [6, 6.07) is 17.1. The Morgan fingerprint density at radius 1 is 0.939 bits per heavy atom. The van der Waals surface area contributed by atoms with E-state index >= 15 is 0 Å². The number of rotatable bonds is 3. The van der Waals surface area contributed by atoms with Crippen LogP contribution in [0.1, 0.15) is 50.0 Å². The quantitative estimate of drug-likeness (QED) is 0.582. The molecule has 0 spiro atoms. The molecule has 7 heteroatoms. The zero-order chi connectivity index (χ0) is 22.9. The van der Waals surface area contributed by atoms with Gasteiger partial charge in [-0.3, -0.25) is 9.59 Å². The molecule has 6 nitrogen and oxygen atoms in total. The van der Waals surface area contributed by atoms with E-state index in [0.717, 1.165) is 17.0 Å². The van der Waals surface area contributed by atoms with Crippen LogP contribution in [0.2, 0.25) is 5.02 Å². The lowest BCUT2D eigenvalue weighted by Crippen LogP contribution is -2.49. The van der Waals surface area contributed by atoms with Gasteiger partial charge >= 0.3 is 0 Å². The monoisotopic (exact) mass is 460 g/mol. The van der Waals surface area contributed by atoms with Gasteiger partial charge in [-0.1, -0.05) is 41.9 Å². The fraction of sp³-hybridized carbons (Fsp3) is 0.308. The standard InChI is InChI=1S/C26H25ClN4O2/c1-17-24-22(15-20(16-23(24)32)18-7-9-21(27)10-8-18)29-26(28-17)31-13-11-30(12-14-31)25(33)19-5-3-2-4-6-19/h2-10,20H,11-16H2,1H3. The fourth-order valence-electron chi connectivity index (χ4n) is 4.74. The van der Waals surface area contributed by atoms with Crippen LogP contribution in [-0.2, 0) is 6.42 Å². The predicted molar refractivity (Wildman–Crippen MR) is 128 cm³/mol. The van der Waals surface area contributed by atoms with E-state index in [0.29, 0.717) is 61.1 Å². The van der Waals surface area contributed by atoms with Crippen LogP contribution in [-0.4, -0.2) is 52.7 Å². The lowest BCUT2D eigenvalue weighted by molar-refractivity contribution is 0.0745. The van der Waals surface area contributed by atoms with Gasteiger partial charge in [-0.2, -0.15) is 0 Å². The Morgan fingerprint density at radius 2 is 1.64 bits per heavy atom. The van der Waals surface area contributed by atoms with Crippen LogP contribution < -0.4 is 4.90 Å². The van der Waals surface area contributed by atoms with Crippen molar-refractivity contribution in [3.05, 3.63) is 87.7 Å². The summed E-state index contributed by atoms with van der Waals surface area (Å²) in [5, 5.41) is 0.687. The van der Waals surface area contributed by atoms with Crippen LogP contribution >= 0.6 is 11.6 Å². The van der Waals surface area contributed by atoms with E-state index in [1.54, 1.807) is 0 Å². The minimum atomic E-state index is 0.0502. The molecule has 2 aromatic carbocycles. The van der Waals surface area contributed by atoms with Gasteiger partial charge in [0, 0.05) is 43.2 Å². The van der Waals surface area contributed by atoms with Crippen molar-refractivity contribution in [2.24, 2.45) is 0 Å². The zero-order valence-corrected chi connectivity index (χ0v) is 19.3. The van der Waals surface area contributed by atoms with Crippen molar-refractivity contribution in [1.82, 2.24) is 14.9 Å². The van der Waals surface area contributed by atoms with Crippen molar-refractivity contribution in [2.75, 3.05) is 31.1 Å². The highest BCUT2D eigenvalue weighted by Crippen LogP contribution is 2.34. The summed E-state index contributed by atoms with van der Waals surface area (Å²) in [5.74, 6) is 0.875. The number of carbonyl (C=O) groups excluding carboxylic acids is 2. The van der Waals surface area contributed by atoms with E-state index in [1.165, 1.54) is 0 Å². The molecule has 0 saturated carbocycles. The number of piperazine rings is 1. The Kier molecular flexibility index (Phi) is 5.85. The highest BCUT2D eigenvalue weighted by atomic mass is 35.5. The summed E-state index contributed by atoms with van der Waals surface area (Å²) in [4.78, 5) is 39.2. The molecule has 2 aliphatic rings. The number of carbonyl (C=O) groups is 2. The number of Topliss-reactive ketones (excluding diaryl/α,β-unsaturated/α-hetero) is 1. The number of benzene rings is 2. The molecule has 1 aliphatic heterocycles. The van der Waals surface area contributed by atoms with Gasteiger partial charge < -0.3 is 9.80 Å². The lowest BCUT2D eigenvalue weighted by atomic mass is 9.81. The SMILES string of the molecule is Cc1nc(N2CCN(C(=O)c3ccccc3)CC2)nc2c1C(=O)CC(c1ccc(Cl)cc1)C2. The molecule has 0 N–H and O–H groups in total. The van der Waals surface area contributed by atoms with E-state index in [9.17, 15) is 9.59 Å². The van der Waals surface area contributed by atoms with E-state index in [-0.39, 0.29) is 17.6 Å². The number of nitrogens with zero attached hydrogens (tertiary/aromatic N) is 4. The van der Waals surface area contributed by atoms with Crippen molar-refractivity contribution in [3.63, 3.8) is 0 Å². The first-order valence-corrected chi connectivity index (χ1v) is 11.6. The molecule has 2 heterocycles. The Balaban J connectivity index is 1.33. The summed E-state index contributed by atoms with van der Waals surface area (Å²) in [7, 11) is 0. The first-order chi connectivity index (χ1) is 16.0. The van der Waals surface area contributed by atoms with E-state index in [4.69, 9.17) is 16.6 Å². The Bertz CT molecular complexity index is 1190. The van der Waals surface area contributed by atoms with Crippen molar-refractivity contribution >= 4 is 29.2 Å². The molecule has 1 atom stereocenters. The van der Waals surface area contributed by atoms with Crippen molar-refractivity contribution in [2.45, 2.75) is 25.7 Å². The molecule has 1 unspecified atom stereocenters. The van der Waals surface area contributed by atoms with Gasteiger partial charge in [0.2, 0.25) is 5.95 Å². The lowest BCUT2D eigenvalue weighted by Gasteiger charge is -2.35. The van der Waals surface area contributed by atoms with Crippen LogP contribution in [0.15, 0.2) is 54.6 Å². The van der Waals surface area contributed by atoms with Gasteiger partial charge in [-0.25, -0.2) is 9.97 Å². The third kappa shape index (κ3) is 4.35. The molecule has 1 aromatic heterocycles. The molecule has 1 saturated heterocycles. The van der Waals surface area contributed by atoms with Crippen LogP contribution in [0.5, 0.6) is 0 Å². The second-order valence-electron chi connectivity index (χ2n) is 8.66.